The highest BCUT2D eigenvalue weighted by Crippen LogP contribution is 2.33. The molecule has 0 fully saturated rings. The van der Waals surface area contributed by atoms with E-state index in [1.807, 2.05) is 24.3 Å². The van der Waals surface area contributed by atoms with E-state index < -0.39 is 0 Å². The monoisotopic (exact) mass is 224 g/mol. The van der Waals surface area contributed by atoms with Gasteiger partial charge in [-0.3, -0.25) is 0 Å². The molecule has 80 valence electrons. The number of benzene rings is 1. The largest absolute Gasteiger partial charge is 0.454 e. The van der Waals surface area contributed by atoms with Crippen LogP contribution in [0.15, 0.2) is 24.3 Å². The third-order valence-electron chi connectivity index (χ3n) is 2.63. The van der Waals surface area contributed by atoms with Gasteiger partial charge in [0.05, 0.1) is 5.56 Å². The minimum Gasteiger partial charge on any atom is -0.454 e. The van der Waals surface area contributed by atoms with Crippen LogP contribution >= 0.6 is 11.6 Å². The van der Waals surface area contributed by atoms with Crippen LogP contribution in [0, 0.1) is 0 Å². The molecule has 0 N–H and O–H groups in total. The minimum atomic E-state index is -0.193. The van der Waals surface area contributed by atoms with Crippen LogP contribution in [0.1, 0.15) is 41.3 Å². The summed E-state index contributed by atoms with van der Waals surface area (Å²) in [6.07, 6.45) is 2.78. The Bertz CT molecular complexity index is 362. The van der Waals surface area contributed by atoms with Gasteiger partial charge in [-0.05, 0) is 25.3 Å². The Balaban J connectivity index is 2.08. The van der Waals surface area contributed by atoms with E-state index in [4.69, 9.17) is 16.3 Å². The zero-order valence-electron chi connectivity index (χ0n) is 8.41. The highest BCUT2D eigenvalue weighted by atomic mass is 35.5. The van der Waals surface area contributed by atoms with Gasteiger partial charge in [0, 0.05) is 11.4 Å². The molecule has 15 heavy (non-hydrogen) atoms. The molecule has 0 unspecified atom stereocenters. The summed E-state index contributed by atoms with van der Waals surface area (Å²) >= 11 is 5.61. The highest BCUT2D eigenvalue weighted by Gasteiger charge is 2.29. The first kappa shape index (κ1) is 10.5. The lowest BCUT2D eigenvalue weighted by Gasteiger charge is -2.09. The Morgan fingerprint density at radius 1 is 1.27 bits per heavy atom. The number of carbonyl (C=O) groups is 1. The Morgan fingerprint density at radius 3 is 2.87 bits per heavy atom. The molecular formula is C12H13ClO2. The lowest BCUT2D eigenvalue weighted by atomic mass is 10.0. The molecule has 0 aromatic heterocycles. The van der Waals surface area contributed by atoms with E-state index in [2.05, 4.69) is 0 Å². The lowest BCUT2D eigenvalue weighted by Crippen LogP contribution is -1.98. The number of hydrogen-bond donors (Lipinski definition) is 0. The van der Waals surface area contributed by atoms with Gasteiger partial charge in [0.1, 0.15) is 6.10 Å². The Labute approximate surface area is 94.2 Å². The number of alkyl halides is 1. The maximum Gasteiger partial charge on any atom is 0.339 e. The van der Waals surface area contributed by atoms with Gasteiger partial charge in [0.25, 0.3) is 0 Å². The second-order valence-corrected chi connectivity index (χ2v) is 4.04. The van der Waals surface area contributed by atoms with E-state index >= 15 is 0 Å². The Hall–Kier alpha value is -1.02. The molecule has 0 saturated carbocycles. The molecule has 1 aromatic rings. The first-order valence-corrected chi connectivity index (χ1v) is 5.72. The molecule has 0 amide bonds. The van der Waals surface area contributed by atoms with Gasteiger partial charge >= 0.3 is 5.97 Å². The Morgan fingerprint density at radius 2 is 2.07 bits per heavy atom. The average Bonchev–Trinajstić information content (AvgIpc) is 2.58. The zero-order chi connectivity index (χ0) is 10.7. The van der Waals surface area contributed by atoms with Crippen molar-refractivity contribution in [3.05, 3.63) is 35.4 Å². The molecule has 0 radical (unpaired) electrons. The quantitative estimate of drug-likeness (QED) is 0.446. The number of hydrogen-bond acceptors (Lipinski definition) is 2. The summed E-state index contributed by atoms with van der Waals surface area (Å²) in [6, 6.07) is 7.58. The van der Waals surface area contributed by atoms with Crippen molar-refractivity contribution in [3.63, 3.8) is 0 Å². The standard InChI is InChI=1S/C12H13ClO2/c13-8-4-3-7-11-9-5-1-2-6-10(9)12(14)15-11/h1-2,5-6,11H,3-4,7-8H2/t11-/m0/s1. The molecule has 0 bridgehead atoms. The van der Waals surface area contributed by atoms with E-state index in [1.165, 1.54) is 0 Å². The number of unbranched alkanes of at least 4 members (excludes halogenated alkanes) is 1. The number of esters is 1. The second kappa shape index (κ2) is 4.67. The van der Waals surface area contributed by atoms with E-state index in [1.54, 1.807) is 0 Å². The van der Waals surface area contributed by atoms with Crippen LogP contribution in [0.3, 0.4) is 0 Å². The average molecular weight is 225 g/mol. The highest BCUT2D eigenvalue weighted by molar-refractivity contribution is 6.17. The minimum absolute atomic E-state index is 0.0584. The smallest absolute Gasteiger partial charge is 0.339 e. The van der Waals surface area contributed by atoms with Crippen molar-refractivity contribution in [2.75, 3.05) is 5.88 Å². The second-order valence-electron chi connectivity index (χ2n) is 3.67. The summed E-state index contributed by atoms with van der Waals surface area (Å²) in [4.78, 5) is 11.5. The normalized spacial score (nSPS) is 18.7. The fourth-order valence-corrected chi connectivity index (χ4v) is 2.05. The first-order chi connectivity index (χ1) is 7.33. The van der Waals surface area contributed by atoms with E-state index in [9.17, 15) is 4.79 Å². The van der Waals surface area contributed by atoms with Crippen LogP contribution in [-0.4, -0.2) is 11.8 Å². The Kier molecular flexibility index (Phi) is 3.27. The van der Waals surface area contributed by atoms with E-state index in [-0.39, 0.29) is 12.1 Å². The van der Waals surface area contributed by atoms with Gasteiger partial charge in [-0.15, -0.1) is 11.6 Å². The van der Waals surface area contributed by atoms with Crippen LogP contribution in [0.25, 0.3) is 0 Å². The topological polar surface area (TPSA) is 26.3 Å². The fourth-order valence-electron chi connectivity index (χ4n) is 1.86. The van der Waals surface area contributed by atoms with Gasteiger partial charge in [-0.2, -0.15) is 0 Å². The van der Waals surface area contributed by atoms with Crippen molar-refractivity contribution in [1.82, 2.24) is 0 Å². The third-order valence-corrected chi connectivity index (χ3v) is 2.89. The summed E-state index contributed by atoms with van der Waals surface area (Å²) in [5, 5.41) is 0. The molecule has 3 heteroatoms. The van der Waals surface area contributed by atoms with Crippen LogP contribution in [0.5, 0.6) is 0 Å². The molecule has 1 aliphatic rings. The SMILES string of the molecule is O=C1O[C@@H](CCCCCl)c2ccccc21. The third kappa shape index (κ3) is 2.15. The number of ether oxygens (including phenoxy) is 1. The van der Waals surface area contributed by atoms with Gasteiger partial charge in [0.15, 0.2) is 0 Å². The van der Waals surface area contributed by atoms with Gasteiger partial charge in [-0.25, -0.2) is 4.79 Å². The maximum atomic E-state index is 11.5. The number of cyclic esters (lactones) is 1. The molecular weight excluding hydrogens is 212 g/mol. The summed E-state index contributed by atoms with van der Waals surface area (Å²) < 4.78 is 5.30. The lowest BCUT2D eigenvalue weighted by molar-refractivity contribution is 0.0364. The van der Waals surface area contributed by atoms with Crippen LogP contribution in [-0.2, 0) is 4.74 Å². The first-order valence-electron chi connectivity index (χ1n) is 5.19. The molecule has 1 heterocycles. The van der Waals surface area contributed by atoms with Crippen molar-refractivity contribution in [2.24, 2.45) is 0 Å². The van der Waals surface area contributed by atoms with Gasteiger partial charge in [0.2, 0.25) is 0 Å². The summed E-state index contributed by atoms with van der Waals surface area (Å²) in [5.41, 5.74) is 1.74. The van der Waals surface area contributed by atoms with Crippen LogP contribution in [0.2, 0.25) is 0 Å². The maximum absolute atomic E-state index is 11.5. The van der Waals surface area contributed by atoms with Gasteiger partial charge in [-0.1, -0.05) is 18.2 Å². The molecule has 1 aromatic carbocycles. The van der Waals surface area contributed by atoms with Crippen LogP contribution < -0.4 is 0 Å². The zero-order valence-corrected chi connectivity index (χ0v) is 9.17. The van der Waals surface area contributed by atoms with Crippen molar-refractivity contribution in [1.29, 1.82) is 0 Å². The molecule has 0 spiro atoms. The molecule has 2 rings (SSSR count). The molecule has 0 aliphatic carbocycles. The molecule has 1 aliphatic heterocycles. The van der Waals surface area contributed by atoms with Crippen molar-refractivity contribution in [2.45, 2.75) is 25.4 Å². The van der Waals surface area contributed by atoms with E-state index in [0.29, 0.717) is 11.4 Å². The van der Waals surface area contributed by atoms with Crippen molar-refractivity contribution in [3.8, 4) is 0 Å². The number of rotatable bonds is 4. The summed E-state index contributed by atoms with van der Waals surface area (Å²) in [6.45, 7) is 0. The summed E-state index contributed by atoms with van der Waals surface area (Å²) in [5.74, 6) is 0.476. The molecule has 0 saturated heterocycles. The predicted octanol–water partition coefficient (Wildman–Crippen LogP) is 3.31. The van der Waals surface area contributed by atoms with Crippen molar-refractivity contribution < 1.29 is 9.53 Å². The van der Waals surface area contributed by atoms with Crippen molar-refractivity contribution >= 4 is 17.6 Å². The molecule has 1 atom stereocenters. The van der Waals surface area contributed by atoms with Crippen LogP contribution in [0.4, 0.5) is 0 Å². The van der Waals surface area contributed by atoms with E-state index in [0.717, 1.165) is 24.8 Å². The fraction of sp³-hybridized carbons (Fsp3) is 0.417. The predicted molar refractivity (Wildman–Crippen MR) is 59.2 cm³/mol. The summed E-state index contributed by atoms with van der Waals surface area (Å²) in [7, 11) is 0. The van der Waals surface area contributed by atoms with Gasteiger partial charge < -0.3 is 4.74 Å². The molecule has 2 nitrogen and oxygen atoms in total. The number of carbonyl (C=O) groups excluding carboxylic acids is 1. The number of fused-ring (bicyclic) bond motifs is 1. The number of halogens is 1.